The Balaban J connectivity index is 1.59. The van der Waals surface area contributed by atoms with Crippen molar-refractivity contribution in [1.82, 2.24) is 0 Å². The van der Waals surface area contributed by atoms with Gasteiger partial charge in [-0.1, -0.05) is 28.2 Å². The summed E-state index contributed by atoms with van der Waals surface area (Å²) < 4.78 is 53.7. The van der Waals surface area contributed by atoms with Gasteiger partial charge in [-0.25, -0.2) is 4.79 Å². The van der Waals surface area contributed by atoms with Crippen LogP contribution in [0.2, 0.25) is 0 Å². The van der Waals surface area contributed by atoms with Gasteiger partial charge in [0.2, 0.25) is 0 Å². The lowest BCUT2D eigenvalue weighted by molar-refractivity contribution is -0.191. The van der Waals surface area contributed by atoms with E-state index in [1.54, 1.807) is 12.1 Å². The zero-order valence-electron chi connectivity index (χ0n) is 14.3. The Morgan fingerprint density at radius 3 is 2.07 bits per heavy atom. The lowest BCUT2D eigenvalue weighted by Crippen LogP contribution is -2.25. The lowest BCUT2D eigenvalue weighted by Gasteiger charge is -2.30. The van der Waals surface area contributed by atoms with Crippen LogP contribution in [-0.4, -0.2) is 34.7 Å². The summed E-state index contributed by atoms with van der Waals surface area (Å²) in [5.41, 5.74) is 2.09. The molecular formula is C18H17FO7S. The first-order valence-electron chi connectivity index (χ1n) is 8.01. The van der Waals surface area contributed by atoms with Crippen molar-refractivity contribution in [3.05, 3.63) is 65.2 Å². The minimum absolute atomic E-state index is 0.00670. The van der Waals surface area contributed by atoms with Crippen molar-refractivity contribution in [2.24, 2.45) is 0 Å². The van der Waals surface area contributed by atoms with E-state index in [0.717, 1.165) is 5.56 Å². The third-order valence-corrected chi connectivity index (χ3v) is 4.44. The fourth-order valence-electron chi connectivity index (χ4n) is 2.69. The number of carbonyl (C=O) groups excluding carboxylic acids is 1. The van der Waals surface area contributed by atoms with Crippen molar-refractivity contribution < 1.29 is 35.5 Å². The van der Waals surface area contributed by atoms with Crippen molar-refractivity contribution in [3.8, 4) is 5.75 Å². The van der Waals surface area contributed by atoms with E-state index >= 15 is 0 Å². The minimum Gasteiger partial charge on any atom is -0.465 e. The molecule has 3 rings (SSSR count). The summed E-state index contributed by atoms with van der Waals surface area (Å²) in [6.07, 6.45) is -0.619. The maximum Gasteiger partial charge on any atom is 0.488 e. The average Bonchev–Trinajstić information content (AvgIpc) is 2.67. The fraction of sp³-hybridized carbons (Fsp3) is 0.278. The molecule has 2 aromatic carbocycles. The predicted octanol–water partition coefficient (Wildman–Crippen LogP) is 2.90. The normalized spacial score (nSPS) is 20.1. The lowest BCUT2D eigenvalue weighted by atomic mass is 9.98. The smallest absolute Gasteiger partial charge is 0.465 e. The zero-order chi connectivity index (χ0) is 19.4. The minimum atomic E-state index is -5.05. The topological polar surface area (TPSA) is 88.1 Å². The van der Waals surface area contributed by atoms with Gasteiger partial charge in [0.25, 0.3) is 0 Å². The summed E-state index contributed by atoms with van der Waals surface area (Å²) in [6.45, 7) is 0.804. The molecule has 0 unspecified atom stereocenters. The van der Waals surface area contributed by atoms with Crippen LogP contribution in [0.15, 0.2) is 48.5 Å². The van der Waals surface area contributed by atoms with Gasteiger partial charge in [-0.2, -0.15) is 8.42 Å². The molecular weight excluding hydrogens is 379 g/mol. The van der Waals surface area contributed by atoms with E-state index in [-0.39, 0.29) is 11.7 Å². The van der Waals surface area contributed by atoms with E-state index in [9.17, 15) is 17.1 Å². The van der Waals surface area contributed by atoms with Crippen LogP contribution in [0.25, 0.3) is 0 Å². The third kappa shape index (κ3) is 5.03. The fourth-order valence-corrected chi connectivity index (χ4v) is 3.03. The molecule has 7 nitrogen and oxygen atoms in total. The second kappa shape index (κ2) is 8.03. The van der Waals surface area contributed by atoms with Crippen LogP contribution in [0, 0.1) is 0 Å². The molecule has 144 valence electrons. The Kier molecular flexibility index (Phi) is 5.73. The van der Waals surface area contributed by atoms with E-state index in [1.807, 2.05) is 12.1 Å². The predicted molar refractivity (Wildman–Crippen MR) is 92.3 cm³/mol. The maximum absolute atomic E-state index is 12.5. The van der Waals surface area contributed by atoms with Crippen molar-refractivity contribution in [3.63, 3.8) is 0 Å². The number of hydrogen-bond acceptors (Lipinski definition) is 7. The van der Waals surface area contributed by atoms with Gasteiger partial charge in [0.1, 0.15) is 5.75 Å². The summed E-state index contributed by atoms with van der Waals surface area (Å²) in [6, 6.07) is 12.7. The van der Waals surface area contributed by atoms with Crippen LogP contribution in [0.1, 0.15) is 33.7 Å². The van der Waals surface area contributed by atoms with Crippen LogP contribution in [0.3, 0.4) is 0 Å². The van der Waals surface area contributed by atoms with E-state index < -0.39 is 22.8 Å². The number of ether oxygens (including phenoxy) is 3. The third-order valence-electron chi connectivity index (χ3n) is 4.05. The number of carbonyl (C=O) groups is 1. The Morgan fingerprint density at radius 2 is 1.56 bits per heavy atom. The van der Waals surface area contributed by atoms with Crippen LogP contribution in [-0.2, 0) is 24.7 Å². The number of halogens is 1. The molecule has 1 saturated heterocycles. The molecule has 0 aliphatic carbocycles. The van der Waals surface area contributed by atoms with E-state index in [0.29, 0.717) is 24.3 Å². The molecule has 0 aromatic heterocycles. The van der Waals surface area contributed by atoms with Gasteiger partial charge in [0, 0.05) is 11.5 Å². The molecule has 0 radical (unpaired) electrons. The van der Waals surface area contributed by atoms with Crippen molar-refractivity contribution in [2.45, 2.75) is 12.2 Å². The number of methoxy groups -OCH3 is 1. The summed E-state index contributed by atoms with van der Waals surface area (Å²) >= 11 is 0. The Labute approximate surface area is 156 Å². The van der Waals surface area contributed by atoms with Crippen molar-refractivity contribution >= 4 is 16.5 Å². The second-order valence-corrected chi connectivity index (χ2v) is 6.81. The van der Waals surface area contributed by atoms with Gasteiger partial charge in [0.05, 0.1) is 25.9 Å². The molecule has 27 heavy (non-hydrogen) atoms. The average molecular weight is 396 g/mol. The van der Waals surface area contributed by atoms with Gasteiger partial charge < -0.3 is 18.4 Å². The Bertz CT molecular complexity index is 886. The second-order valence-electron chi connectivity index (χ2n) is 5.85. The van der Waals surface area contributed by atoms with Crippen molar-refractivity contribution in [1.29, 1.82) is 0 Å². The number of benzene rings is 2. The van der Waals surface area contributed by atoms with Gasteiger partial charge in [0.15, 0.2) is 6.29 Å². The van der Waals surface area contributed by atoms with Crippen molar-refractivity contribution in [2.75, 3.05) is 20.3 Å². The van der Waals surface area contributed by atoms with Gasteiger partial charge in [-0.3, -0.25) is 0 Å². The SMILES string of the molecule is COC(=O)c1ccc(C2COC(c3ccc(OS(=O)(=O)F)cc3)OC2)cc1. The molecule has 1 aliphatic rings. The quantitative estimate of drug-likeness (QED) is 0.567. The summed E-state index contributed by atoms with van der Waals surface area (Å²) in [4.78, 5) is 11.5. The molecule has 0 N–H and O–H groups in total. The molecule has 0 amide bonds. The number of rotatable bonds is 5. The standard InChI is InChI=1S/C18H17FO7S/c1-23-17(20)13-4-2-12(3-5-13)15-10-24-18(25-11-15)14-6-8-16(9-7-14)26-27(19,21)22/h2-9,15,18H,10-11H2,1H3. The molecule has 1 fully saturated rings. The largest absolute Gasteiger partial charge is 0.488 e. The first-order chi connectivity index (χ1) is 12.9. The van der Waals surface area contributed by atoms with Crippen LogP contribution in [0.4, 0.5) is 3.89 Å². The van der Waals surface area contributed by atoms with Gasteiger partial charge >= 0.3 is 16.5 Å². The summed E-state index contributed by atoms with van der Waals surface area (Å²) in [7, 11) is -3.73. The summed E-state index contributed by atoms with van der Waals surface area (Å²) in [5.74, 6) is -0.529. The van der Waals surface area contributed by atoms with Crippen LogP contribution >= 0.6 is 0 Å². The molecule has 1 heterocycles. The molecule has 2 aromatic rings. The van der Waals surface area contributed by atoms with Crippen LogP contribution in [0.5, 0.6) is 5.75 Å². The maximum atomic E-state index is 12.5. The van der Waals surface area contributed by atoms with Gasteiger partial charge in [-0.05, 0) is 29.8 Å². The molecule has 1 aliphatic heterocycles. The van der Waals surface area contributed by atoms with E-state index in [4.69, 9.17) is 9.47 Å². The monoisotopic (exact) mass is 396 g/mol. The molecule has 0 bridgehead atoms. The van der Waals surface area contributed by atoms with Crippen LogP contribution < -0.4 is 4.18 Å². The highest BCUT2D eigenvalue weighted by Crippen LogP contribution is 2.31. The number of hydrogen-bond donors (Lipinski definition) is 0. The Morgan fingerprint density at radius 1 is 1.00 bits per heavy atom. The highest BCUT2D eigenvalue weighted by molar-refractivity contribution is 7.81. The molecule has 0 atom stereocenters. The molecule has 0 saturated carbocycles. The van der Waals surface area contributed by atoms with E-state index in [2.05, 4.69) is 8.92 Å². The van der Waals surface area contributed by atoms with Gasteiger partial charge in [-0.15, -0.1) is 0 Å². The van der Waals surface area contributed by atoms with E-state index in [1.165, 1.54) is 31.4 Å². The first-order valence-corrected chi connectivity index (χ1v) is 9.32. The summed E-state index contributed by atoms with van der Waals surface area (Å²) in [5, 5.41) is 0. The Hall–Kier alpha value is -2.49. The molecule has 9 heteroatoms. The zero-order valence-corrected chi connectivity index (χ0v) is 15.1. The molecule has 0 spiro atoms. The number of esters is 1. The first kappa shape index (κ1) is 19.3. The highest BCUT2D eigenvalue weighted by atomic mass is 32.3. The highest BCUT2D eigenvalue weighted by Gasteiger charge is 2.25.